The molecule has 2 aliphatic heterocycles. The maximum absolute atomic E-state index is 12.7. The molecule has 252 valence electrons. The van der Waals surface area contributed by atoms with E-state index in [0.29, 0.717) is 5.13 Å². The number of benzene rings is 2. The Morgan fingerprint density at radius 3 is 2.35 bits per heavy atom. The molecule has 14 heteroatoms. The van der Waals surface area contributed by atoms with Gasteiger partial charge in [-0.1, -0.05) is 50.1 Å². The van der Waals surface area contributed by atoms with E-state index in [-0.39, 0.29) is 51.7 Å². The molecule has 3 heterocycles. The van der Waals surface area contributed by atoms with E-state index in [1.165, 1.54) is 49.8 Å². The lowest BCUT2D eigenvalue weighted by Crippen LogP contribution is -2.47. The Balaban J connectivity index is 0.000000308. The smallest absolute Gasteiger partial charge is 0.278 e. The Labute approximate surface area is 281 Å². The molecular formula is C32H44ClN5O6S2. The molecule has 2 aliphatic rings. The fourth-order valence-electron chi connectivity index (χ4n) is 5.39. The normalized spacial score (nSPS) is 17.0. The van der Waals surface area contributed by atoms with E-state index in [1.807, 2.05) is 13.0 Å². The first kappa shape index (κ1) is 38.7. The maximum atomic E-state index is 12.7. The molecule has 1 fully saturated rings. The summed E-state index contributed by atoms with van der Waals surface area (Å²) in [7, 11) is -2.67. The van der Waals surface area contributed by atoms with Gasteiger partial charge in [-0.15, -0.1) is 23.7 Å². The van der Waals surface area contributed by atoms with E-state index in [0.717, 1.165) is 51.9 Å². The molecular weight excluding hydrogens is 650 g/mol. The first-order chi connectivity index (χ1) is 20.9. The molecule has 2 aromatic carbocycles. The number of carbonyl (C=O) groups is 2. The topological polar surface area (TPSA) is 163 Å². The first-order valence-corrected chi connectivity index (χ1v) is 17.1. The van der Waals surface area contributed by atoms with Gasteiger partial charge in [-0.3, -0.25) is 24.1 Å². The SMILES string of the molecule is CCCCN1CCCCC1C(=O)Nc1c(C)cccc1C.Cc1cnc(NC(=O)C2=C(O)c3ccccc3S(=O)(=O)N2C)s1.Cl.O. The second-order valence-electron chi connectivity index (χ2n) is 11.1. The van der Waals surface area contributed by atoms with E-state index < -0.39 is 15.9 Å². The van der Waals surface area contributed by atoms with Crippen LogP contribution in [0.1, 0.15) is 60.6 Å². The number of nitrogens with one attached hydrogen (secondary N) is 2. The maximum Gasteiger partial charge on any atom is 0.278 e. The zero-order valence-corrected chi connectivity index (χ0v) is 29.2. The molecule has 0 spiro atoms. The van der Waals surface area contributed by atoms with Gasteiger partial charge in [0, 0.05) is 29.4 Å². The largest absolute Gasteiger partial charge is 0.505 e. The molecule has 1 unspecified atom stereocenters. The zero-order valence-electron chi connectivity index (χ0n) is 26.8. The molecule has 1 aromatic heterocycles. The zero-order chi connectivity index (χ0) is 32.0. The van der Waals surface area contributed by atoms with Crippen LogP contribution in [0.4, 0.5) is 10.8 Å². The van der Waals surface area contributed by atoms with Crippen LogP contribution in [0, 0.1) is 20.8 Å². The molecule has 3 aromatic rings. The number of fused-ring (bicyclic) bond motifs is 1. The number of piperidine rings is 1. The van der Waals surface area contributed by atoms with Crippen LogP contribution in [0.15, 0.2) is 59.3 Å². The summed E-state index contributed by atoms with van der Waals surface area (Å²) < 4.78 is 25.8. The molecule has 0 saturated carbocycles. The van der Waals surface area contributed by atoms with Crippen molar-refractivity contribution in [3.05, 3.63) is 75.9 Å². The minimum absolute atomic E-state index is 0. The number of aliphatic hydroxyl groups excluding tert-OH is 1. The van der Waals surface area contributed by atoms with Gasteiger partial charge in [0.25, 0.3) is 15.9 Å². The van der Waals surface area contributed by atoms with Crippen molar-refractivity contribution in [2.75, 3.05) is 30.8 Å². The number of aryl methyl sites for hydroxylation is 3. The average molecular weight is 694 g/mol. The number of likely N-dealkylation sites (N-methyl/N-ethyl adjacent to an activating group) is 1. The number of sulfonamides is 1. The van der Waals surface area contributed by atoms with Crippen molar-refractivity contribution < 1.29 is 28.6 Å². The molecule has 1 atom stereocenters. The lowest BCUT2D eigenvalue weighted by atomic mass is 10.00. The van der Waals surface area contributed by atoms with Crippen LogP contribution in [0.2, 0.25) is 0 Å². The van der Waals surface area contributed by atoms with Crippen molar-refractivity contribution in [3.8, 4) is 0 Å². The number of aromatic nitrogens is 1. The molecule has 11 nitrogen and oxygen atoms in total. The number of carbonyl (C=O) groups excluding carboxylic acids is 2. The quantitative estimate of drug-likeness (QED) is 0.296. The van der Waals surface area contributed by atoms with E-state index >= 15 is 0 Å². The monoisotopic (exact) mass is 693 g/mol. The third kappa shape index (κ3) is 8.65. The average Bonchev–Trinajstić information content (AvgIpc) is 3.41. The molecule has 1 saturated heterocycles. The Kier molecular flexibility index (Phi) is 14.2. The lowest BCUT2D eigenvalue weighted by Gasteiger charge is -2.34. The number of hydrogen-bond acceptors (Lipinski definition) is 8. The van der Waals surface area contributed by atoms with Gasteiger partial charge in [0.05, 0.1) is 10.9 Å². The van der Waals surface area contributed by atoms with Crippen molar-refractivity contribution in [2.45, 2.75) is 70.7 Å². The van der Waals surface area contributed by atoms with Crippen LogP contribution in [0.5, 0.6) is 0 Å². The fourth-order valence-corrected chi connectivity index (χ4v) is 7.44. The van der Waals surface area contributed by atoms with E-state index in [1.54, 1.807) is 18.3 Å². The summed E-state index contributed by atoms with van der Waals surface area (Å²) in [6, 6.07) is 12.2. The van der Waals surface area contributed by atoms with Crippen LogP contribution in [-0.2, 0) is 19.6 Å². The number of thiazole rings is 1. The van der Waals surface area contributed by atoms with Crippen molar-refractivity contribution in [3.63, 3.8) is 0 Å². The number of aliphatic hydroxyl groups is 1. The summed E-state index contributed by atoms with van der Waals surface area (Å²) in [5.41, 5.74) is 3.03. The molecule has 5 rings (SSSR count). The summed E-state index contributed by atoms with van der Waals surface area (Å²) in [5, 5.41) is 16.4. The second kappa shape index (κ2) is 16.9. The molecule has 0 aliphatic carbocycles. The van der Waals surface area contributed by atoms with E-state index in [2.05, 4.69) is 53.4 Å². The third-order valence-corrected chi connectivity index (χ3v) is 10.5. The standard InChI is InChI=1S/C18H28N2O.C14H13N3O4S2.ClH.H2O/c1-4-5-12-20-13-7-6-11-16(20)18(21)19-17-14(2)9-8-10-15(17)3;1-8-7-15-14(22-8)16-13(19)11-12(18)9-5-3-4-6-10(9)23(20,21)17(11)2;;/h8-10,16H,4-7,11-13H2,1-3H3,(H,19,21);3-7,18H,1-2H3,(H,15,16,19);1H;1H2. The van der Waals surface area contributed by atoms with Crippen molar-refractivity contribution in [1.82, 2.24) is 14.2 Å². The van der Waals surface area contributed by atoms with Crippen LogP contribution in [0.25, 0.3) is 5.76 Å². The highest BCUT2D eigenvalue weighted by atomic mass is 35.5. The van der Waals surface area contributed by atoms with Gasteiger partial charge in [0.1, 0.15) is 0 Å². The van der Waals surface area contributed by atoms with Crippen LogP contribution in [-0.4, -0.2) is 71.2 Å². The Morgan fingerprint density at radius 2 is 1.72 bits per heavy atom. The van der Waals surface area contributed by atoms with Crippen LogP contribution in [0.3, 0.4) is 0 Å². The number of anilines is 2. The fraction of sp³-hybridized carbons (Fsp3) is 0.406. The van der Waals surface area contributed by atoms with Gasteiger partial charge in [-0.25, -0.2) is 13.4 Å². The summed E-state index contributed by atoms with van der Waals surface area (Å²) in [6.45, 7) is 10.2. The molecule has 0 bridgehead atoms. The van der Waals surface area contributed by atoms with Gasteiger partial charge in [-0.05, 0) is 76.4 Å². The highest BCUT2D eigenvalue weighted by Gasteiger charge is 2.38. The third-order valence-electron chi connectivity index (χ3n) is 7.82. The lowest BCUT2D eigenvalue weighted by molar-refractivity contribution is -0.122. The van der Waals surface area contributed by atoms with Crippen molar-refractivity contribution in [1.29, 1.82) is 0 Å². The summed E-state index contributed by atoms with van der Waals surface area (Å²) in [4.78, 5) is 32.3. The Hall–Kier alpha value is -3.49. The summed E-state index contributed by atoms with van der Waals surface area (Å²) >= 11 is 1.25. The van der Waals surface area contributed by atoms with E-state index in [4.69, 9.17) is 0 Å². The number of unbranched alkanes of at least 4 members (excludes halogenated alkanes) is 1. The number of para-hydroxylation sites is 1. The Morgan fingerprint density at radius 1 is 1.04 bits per heavy atom. The number of hydrogen-bond donors (Lipinski definition) is 3. The minimum atomic E-state index is -3.90. The number of nitrogens with zero attached hydrogens (tertiary/aromatic N) is 3. The summed E-state index contributed by atoms with van der Waals surface area (Å²) in [6.07, 6.45) is 7.31. The van der Waals surface area contributed by atoms with Crippen LogP contribution >= 0.6 is 23.7 Å². The van der Waals surface area contributed by atoms with Gasteiger partial charge in [0.15, 0.2) is 16.6 Å². The van der Waals surface area contributed by atoms with Gasteiger partial charge in [0.2, 0.25) is 5.91 Å². The Bertz CT molecular complexity index is 1640. The summed E-state index contributed by atoms with van der Waals surface area (Å²) in [5.74, 6) is -0.954. The molecule has 46 heavy (non-hydrogen) atoms. The number of amides is 2. The first-order valence-electron chi connectivity index (χ1n) is 14.8. The number of halogens is 1. The second-order valence-corrected chi connectivity index (χ2v) is 14.2. The minimum Gasteiger partial charge on any atom is -0.505 e. The molecule has 2 amide bonds. The van der Waals surface area contributed by atoms with E-state index in [9.17, 15) is 23.1 Å². The van der Waals surface area contributed by atoms with Crippen LogP contribution < -0.4 is 10.6 Å². The van der Waals surface area contributed by atoms with Gasteiger partial charge < -0.3 is 15.9 Å². The van der Waals surface area contributed by atoms with Crippen molar-refractivity contribution in [2.24, 2.45) is 0 Å². The highest BCUT2D eigenvalue weighted by Crippen LogP contribution is 2.35. The predicted octanol–water partition coefficient (Wildman–Crippen LogP) is 5.44. The highest BCUT2D eigenvalue weighted by molar-refractivity contribution is 7.89. The number of rotatable bonds is 7. The number of likely N-dealkylation sites (tertiary alicyclic amines) is 1. The predicted molar refractivity (Wildman–Crippen MR) is 186 cm³/mol. The molecule has 0 radical (unpaired) electrons. The van der Waals surface area contributed by atoms with Gasteiger partial charge >= 0.3 is 0 Å². The van der Waals surface area contributed by atoms with Gasteiger partial charge in [-0.2, -0.15) is 0 Å². The molecule has 5 N–H and O–H groups in total. The van der Waals surface area contributed by atoms with Crippen molar-refractivity contribution >= 4 is 62.2 Å².